The first kappa shape index (κ1) is 12.7. The van der Waals surface area contributed by atoms with Crippen molar-refractivity contribution >= 4 is 5.91 Å². The van der Waals surface area contributed by atoms with Crippen LogP contribution >= 0.6 is 0 Å². The van der Waals surface area contributed by atoms with Crippen LogP contribution in [-0.4, -0.2) is 11.9 Å². The third-order valence-electron chi connectivity index (χ3n) is 2.70. The highest BCUT2D eigenvalue weighted by Crippen LogP contribution is 2.15. The topological polar surface area (TPSA) is 55.1 Å². The predicted molar refractivity (Wildman–Crippen MR) is 65.9 cm³/mol. The molecule has 3 nitrogen and oxygen atoms in total. The van der Waals surface area contributed by atoms with E-state index in [-0.39, 0.29) is 11.9 Å². The Morgan fingerprint density at radius 1 is 1.25 bits per heavy atom. The Morgan fingerprint density at radius 3 is 2.38 bits per heavy atom. The fourth-order valence-corrected chi connectivity index (χ4v) is 1.57. The van der Waals surface area contributed by atoms with Crippen molar-refractivity contribution in [2.75, 3.05) is 0 Å². The Morgan fingerprint density at radius 2 is 1.88 bits per heavy atom. The van der Waals surface area contributed by atoms with Crippen LogP contribution in [0.15, 0.2) is 30.3 Å². The molecule has 0 aliphatic heterocycles. The van der Waals surface area contributed by atoms with Gasteiger partial charge in [-0.25, -0.2) is 0 Å². The highest BCUT2D eigenvalue weighted by atomic mass is 16.2. The lowest BCUT2D eigenvalue weighted by Gasteiger charge is -2.19. The minimum atomic E-state index is -0.405. The number of hydrogen-bond donors (Lipinski definition) is 2. The van der Waals surface area contributed by atoms with E-state index in [4.69, 9.17) is 5.73 Å². The van der Waals surface area contributed by atoms with Crippen molar-refractivity contribution < 1.29 is 4.79 Å². The molecule has 0 aromatic heterocycles. The third-order valence-corrected chi connectivity index (χ3v) is 2.70. The molecule has 0 aliphatic rings. The number of benzene rings is 1. The van der Waals surface area contributed by atoms with Crippen molar-refractivity contribution in [3.63, 3.8) is 0 Å². The van der Waals surface area contributed by atoms with Crippen LogP contribution in [0.1, 0.15) is 38.3 Å². The second-order valence-electron chi connectivity index (χ2n) is 3.89. The summed E-state index contributed by atoms with van der Waals surface area (Å²) in [5.74, 6) is -0.0711. The number of nitrogens with two attached hydrogens (primary N) is 1. The molecule has 0 spiro atoms. The Balaban J connectivity index is 2.66. The van der Waals surface area contributed by atoms with Gasteiger partial charge in [-0.15, -0.1) is 0 Å². The molecule has 0 aliphatic carbocycles. The molecule has 1 rings (SSSR count). The summed E-state index contributed by atoms with van der Waals surface area (Å²) in [4.78, 5) is 11.7. The van der Waals surface area contributed by atoms with Gasteiger partial charge in [-0.2, -0.15) is 0 Å². The molecule has 0 bridgehead atoms. The van der Waals surface area contributed by atoms with Crippen LogP contribution in [0.5, 0.6) is 0 Å². The molecule has 2 atom stereocenters. The smallest absolute Gasteiger partial charge is 0.237 e. The second kappa shape index (κ2) is 6.28. The number of nitrogens with one attached hydrogen (secondary N) is 1. The SMILES string of the molecule is CC[C@@H](N)C(=O)N[C@H](CC)c1ccccc1. The van der Waals surface area contributed by atoms with E-state index >= 15 is 0 Å². The van der Waals surface area contributed by atoms with Gasteiger partial charge in [-0.3, -0.25) is 4.79 Å². The molecular weight excluding hydrogens is 200 g/mol. The van der Waals surface area contributed by atoms with Crippen LogP contribution in [0.2, 0.25) is 0 Å². The highest BCUT2D eigenvalue weighted by Gasteiger charge is 2.16. The zero-order valence-corrected chi connectivity index (χ0v) is 9.94. The highest BCUT2D eigenvalue weighted by molar-refractivity contribution is 5.81. The molecule has 0 heterocycles. The van der Waals surface area contributed by atoms with Crippen molar-refractivity contribution in [1.29, 1.82) is 0 Å². The first-order valence-corrected chi connectivity index (χ1v) is 5.79. The van der Waals surface area contributed by atoms with E-state index < -0.39 is 6.04 Å². The molecule has 0 radical (unpaired) electrons. The Hall–Kier alpha value is -1.35. The lowest BCUT2D eigenvalue weighted by Crippen LogP contribution is -2.41. The molecule has 0 saturated heterocycles. The summed E-state index contributed by atoms with van der Waals surface area (Å²) in [7, 11) is 0. The predicted octanol–water partition coefficient (Wildman–Crippen LogP) is 1.99. The molecule has 0 saturated carbocycles. The summed E-state index contributed by atoms with van der Waals surface area (Å²) < 4.78 is 0. The molecular formula is C13H20N2O. The van der Waals surface area contributed by atoms with E-state index in [1.54, 1.807) is 0 Å². The first-order valence-electron chi connectivity index (χ1n) is 5.79. The molecule has 0 fully saturated rings. The standard InChI is InChI=1S/C13H20N2O/c1-3-11(14)13(16)15-12(4-2)10-8-6-5-7-9-10/h5-9,11-12H,3-4,14H2,1-2H3,(H,15,16)/t11-,12-/m1/s1. The maximum absolute atomic E-state index is 11.7. The van der Waals surface area contributed by atoms with E-state index in [9.17, 15) is 4.79 Å². The maximum Gasteiger partial charge on any atom is 0.237 e. The average Bonchev–Trinajstić information content (AvgIpc) is 2.35. The zero-order chi connectivity index (χ0) is 12.0. The summed E-state index contributed by atoms with van der Waals surface area (Å²) in [6.45, 7) is 3.96. The molecule has 3 N–H and O–H groups in total. The number of carbonyl (C=O) groups is 1. The minimum Gasteiger partial charge on any atom is -0.348 e. The summed E-state index contributed by atoms with van der Waals surface area (Å²) in [6.07, 6.45) is 1.53. The van der Waals surface area contributed by atoms with Crippen LogP contribution in [0, 0.1) is 0 Å². The maximum atomic E-state index is 11.7. The van der Waals surface area contributed by atoms with Crippen molar-refractivity contribution in [2.45, 2.75) is 38.8 Å². The lowest BCUT2D eigenvalue weighted by molar-refractivity contribution is -0.123. The number of hydrogen-bond acceptors (Lipinski definition) is 2. The van der Waals surface area contributed by atoms with Gasteiger partial charge in [0.15, 0.2) is 0 Å². The molecule has 88 valence electrons. The largest absolute Gasteiger partial charge is 0.348 e. The fraction of sp³-hybridized carbons (Fsp3) is 0.462. The zero-order valence-electron chi connectivity index (χ0n) is 9.94. The van der Waals surface area contributed by atoms with E-state index in [2.05, 4.69) is 12.2 Å². The van der Waals surface area contributed by atoms with Gasteiger partial charge in [-0.1, -0.05) is 44.2 Å². The second-order valence-corrected chi connectivity index (χ2v) is 3.89. The van der Waals surface area contributed by atoms with Crippen LogP contribution < -0.4 is 11.1 Å². The van der Waals surface area contributed by atoms with Crippen LogP contribution in [0.4, 0.5) is 0 Å². The summed E-state index contributed by atoms with van der Waals surface area (Å²) in [5, 5.41) is 2.97. The van der Waals surface area contributed by atoms with Crippen molar-refractivity contribution in [2.24, 2.45) is 5.73 Å². The Bertz CT molecular complexity index is 324. The van der Waals surface area contributed by atoms with Crippen molar-refractivity contribution in [3.8, 4) is 0 Å². The van der Waals surface area contributed by atoms with Crippen molar-refractivity contribution in [3.05, 3.63) is 35.9 Å². The van der Waals surface area contributed by atoms with E-state index in [0.29, 0.717) is 6.42 Å². The quantitative estimate of drug-likeness (QED) is 0.797. The Kier molecular flexibility index (Phi) is 4.99. The number of rotatable bonds is 5. The average molecular weight is 220 g/mol. The van der Waals surface area contributed by atoms with Gasteiger partial charge in [0, 0.05) is 0 Å². The Labute approximate surface area is 97.0 Å². The fourth-order valence-electron chi connectivity index (χ4n) is 1.57. The van der Waals surface area contributed by atoms with Crippen LogP contribution in [-0.2, 0) is 4.79 Å². The van der Waals surface area contributed by atoms with Gasteiger partial charge in [0.05, 0.1) is 12.1 Å². The van der Waals surface area contributed by atoms with Gasteiger partial charge in [0.2, 0.25) is 5.91 Å². The normalized spacial score (nSPS) is 14.2. The number of carbonyl (C=O) groups excluding carboxylic acids is 1. The lowest BCUT2D eigenvalue weighted by atomic mass is 10.0. The number of amides is 1. The molecule has 1 aromatic carbocycles. The van der Waals surface area contributed by atoms with Gasteiger partial charge < -0.3 is 11.1 Å². The van der Waals surface area contributed by atoms with Gasteiger partial charge in [0.25, 0.3) is 0 Å². The van der Waals surface area contributed by atoms with Crippen LogP contribution in [0.3, 0.4) is 0 Å². The van der Waals surface area contributed by atoms with Gasteiger partial charge in [0.1, 0.15) is 0 Å². The first-order chi connectivity index (χ1) is 7.69. The molecule has 1 amide bonds. The van der Waals surface area contributed by atoms with E-state index in [0.717, 1.165) is 12.0 Å². The molecule has 0 unspecified atom stereocenters. The molecule has 3 heteroatoms. The van der Waals surface area contributed by atoms with E-state index in [1.165, 1.54) is 0 Å². The van der Waals surface area contributed by atoms with Crippen molar-refractivity contribution in [1.82, 2.24) is 5.32 Å². The molecule has 16 heavy (non-hydrogen) atoms. The molecule has 1 aromatic rings. The third kappa shape index (κ3) is 3.35. The van der Waals surface area contributed by atoms with E-state index in [1.807, 2.05) is 37.3 Å². The minimum absolute atomic E-state index is 0.0614. The van der Waals surface area contributed by atoms with Gasteiger partial charge >= 0.3 is 0 Å². The monoisotopic (exact) mass is 220 g/mol. The summed E-state index contributed by atoms with van der Waals surface area (Å²) in [5.41, 5.74) is 6.81. The summed E-state index contributed by atoms with van der Waals surface area (Å²) in [6, 6.07) is 9.62. The van der Waals surface area contributed by atoms with Crippen LogP contribution in [0.25, 0.3) is 0 Å². The van der Waals surface area contributed by atoms with Gasteiger partial charge in [-0.05, 0) is 18.4 Å². The summed E-state index contributed by atoms with van der Waals surface area (Å²) >= 11 is 0.